The van der Waals surface area contributed by atoms with E-state index >= 15 is 0 Å². The minimum absolute atomic E-state index is 0.123. The van der Waals surface area contributed by atoms with E-state index in [1.165, 1.54) is 12.3 Å². The zero-order chi connectivity index (χ0) is 13.5. The van der Waals surface area contributed by atoms with Gasteiger partial charge in [-0.05, 0) is 6.42 Å². The van der Waals surface area contributed by atoms with Crippen LogP contribution in [0, 0.1) is 15.5 Å². The predicted octanol–water partition coefficient (Wildman–Crippen LogP) is 0.812. The summed E-state index contributed by atoms with van der Waals surface area (Å²) in [6, 6.07) is 1.07. The minimum Gasteiger partial charge on any atom is -0.392 e. The number of nitrogens with zero attached hydrogens (tertiary/aromatic N) is 1. The molecule has 3 N–H and O–H groups in total. The second-order valence-electron chi connectivity index (χ2n) is 5.13. The Morgan fingerprint density at radius 3 is 2.78 bits per heavy atom. The zero-order valence-electron chi connectivity index (χ0n) is 10.1. The summed E-state index contributed by atoms with van der Waals surface area (Å²) in [4.78, 5) is 24.3. The van der Waals surface area contributed by atoms with Gasteiger partial charge in [0, 0.05) is 17.5 Å². The van der Waals surface area contributed by atoms with Crippen molar-refractivity contribution < 1.29 is 14.8 Å². The average Bonchev–Trinajstić information content (AvgIpc) is 2.78. The summed E-state index contributed by atoms with van der Waals surface area (Å²) >= 11 is 0. The summed E-state index contributed by atoms with van der Waals surface area (Å²) in [5.74, 6) is -0.395. The molecule has 2 rings (SSSR count). The fourth-order valence-corrected chi connectivity index (χ4v) is 2.00. The number of hydrogen-bond acceptors (Lipinski definition) is 4. The highest BCUT2D eigenvalue weighted by molar-refractivity contribution is 5.93. The Bertz CT molecular complexity index is 494. The molecule has 1 heterocycles. The van der Waals surface area contributed by atoms with E-state index < -0.39 is 16.9 Å². The van der Waals surface area contributed by atoms with Crippen LogP contribution in [0.25, 0.3) is 0 Å². The van der Waals surface area contributed by atoms with E-state index in [4.69, 9.17) is 0 Å². The highest BCUT2D eigenvalue weighted by Crippen LogP contribution is 2.40. The first-order valence-corrected chi connectivity index (χ1v) is 5.64. The van der Waals surface area contributed by atoms with Crippen LogP contribution in [-0.2, 0) is 0 Å². The molecule has 2 atom stereocenters. The summed E-state index contributed by atoms with van der Waals surface area (Å²) in [6.45, 7) is 3.73. The molecule has 1 aromatic rings. The third-order valence-corrected chi connectivity index (χ3v) is 3.64. The summed E-state index contributed by atoms with van der Waals surface area (Å²) in [5.41, 5.74) is -0.360. The van der Waals surface area contributed by atoms with E-state index in [2.05, 4.69) is 10.3 Å². The first kappa shape index (κ1) is 12.6. The van der Waals surface area contributed by atoms with Crippen molar-refractivity contribution in [2.45, 2.75) is 32.4 Å². The molecule has 0 aliphatic heterocycles. The Hall–Kier alpha value is -1.89. The molecule has 0 radical (unpaired) electrons. The van der Waals surface area contributed by atoms with Crippen molar-refractivity contribution in [2.24, 2.45) is 5.41 Å². The second-order valence-corrected chi connectivity index (χ2v) is 5.13. The largest absolute Gasteiger partial charge is 0.392 e. The van der Waals surface area contributed by atoms with Gasteiger partial charge in [-0.25, -0.2) is 0 Å². The molecule has 1 fully saturated rings. The van der Waals surface area contributed by atoms with Gasteiger partial charge in [0.05, 0.1) is 17.2 Å². The van der Waals surface area contributed by atoms with Crippen molar-refractivity contribution in [3.63, 3.8) is 0 Å². The number of amides is 1. The Morgan fingerprint density at radius 1 is 1.67 bits per heavy atom. The number of aromatic nitrogens is 1. The van der Waals surface area contributed by atoms with Gasteiger partial charge in [0.1, 0.15) is 5.69 Å². The molecule has 0 aromatic carbocycles. The highest BCUT2D eigenvalue weighted by atomic mass is 16.6. The lowest BCUT2D eigenvalue weighted by Crippen LogP contribution is -2.61. The van der Waals surface area contributed by atoms with Crippen molar-refractivity contribution in [2.75, 3.05) is 0 Å². The number of H-pyrrole nitrogens is 1. The molecular weight excluding hydrogens is 238 g/mol. The Morgan fingerprint density at radius 2 is 2.33 bits per heavy atom. The maximum Gasteiger partial charge on any atom is 0.287 e. The Balaban J connectivity index is 2.02. The quantitative estimate of drug-likeness (QED) is 0.547. The van der Waals surface area contributed by atoms with E-state index in [1.54, 1.807) is 0 Å². The first-order chi connectivity index (χ1) is 8.32. The molecular formula is C11H15N3O4. The first-order valence-electron chi connectivity index (χ1n) is 5.64. The third-order valence-electron chi connectivity index (χ3n) is 3.64. The van der Waals surface area contributed by atoms with Gasteiger partial charge < -0.3 is 15.4 Å². The molecule has 0 saturated heterocycles. The van der Waals surface area contributed by atoms with Gasteiger partial charge in [-0.3, -0.25) is 14.9 Å². The highest BCUT2D eigenvalue weighted by Gasteiger charge is 2.48. The lowest BCUT2D eigenvalue weighted by Gasteiger charge is -2.49. The molecule has 98 valence electrons. The van der Waals surface area contributed by atoms with Gasteiger partial charge in [0.25, 0.3) is 11.6 Å². The SMILES string of the molecule is CC1(C)C(O)CC1NC(=O)c1cc([N+](=O)[O-])c[nH]1. The van der Waals surface area contributed by atoms with Crippen molar-refractivity contribution >= 4 is 11.6 Å². The molecule has 1 aromatic heterocycles. The van der Waals surface area contributed by atoms with Crippen molar-refractivity contribution in [3.05, 3.63) is 28.1 Å². The maximum absolute atomic E-state index is 11.8. The summed E-state index contributed by atoms with van der Waals surface area (Å²) < 4.78 is 0. The van der Waals surface area contributed by atoms with Gasteiger partial charge in [0.2, 0.25) is 0 Å². The van der Waals surface area contributed by atoms with E-state index in [1.807, 2.05) is 13.8 Å². The van der Waals surface area contributed by atoms with Crippen LogP contribution >= 0.6 is 0 Å². The van der Waals surface area contributed by atoms with Gasteiger partial charge in [-0.2, -0.15) is 0 Å². The molecule has 1 aliphatic carbocycles. The topological polar surface area (TPSA) is 108 Å². The van der Waals surface area contributed by atoms with Crippen LogP contribution in [0.1, 0.15) is 30.8 Å². The number of hydrogen-bond donors (Lipinski definition) is 3. The summed E-state index contributed by atoms with van der Waals surface area (Å²) in [5, 5.41) is 22.8. The van der Waals surface area contributed by atoms with Crippen LogP contribution in [-0.4, -0.2) is 33.1 Å². The van der Waals surface area contributed by atoms with Gasteiger partial charge >= 0.3 is 0 Å². The van der Waals surface area contributed by atoms with Gasteiger partial charge in [0.15, 0.2) is 0 Å². The Labute approximate surface area is 103 Å². The zero-order valence-corrected chi connectivity index (χ0v) is 10.1. The third kappa shape index (κ3) is 1.97. The fourth-order valence-electron chi connectivity index (χ4n) is 2.00. The molecule has 1 saturated carbocycles. The van der Waals surface area contributed by atoms with Crippen LogP contribution in [0.5, 0.6) is 0 Å². The van der Waals surface area contributed by atoms with Crippen LogP contribution in [0.4, 0.5) is 5.69 Å². The van der Waals surface area contributed by atoms with Gasteiger partial charge in [-0.1, -0.05) is 13.8 Å². The minimum atomic E-state index is -0.565. The van der Waals surface area contributed by atoms with E-state index in [9.17, 15) is 20.0 Å². The molecule has 0 spiro atoms. The molecule has 1 aliphatic rings. The van der Waals surface area contributed by atoms with Crippen molar-refractivity contribution in [1.82, 2.24) is 10.3 Å². The number of aliphatic hydroxyl groups excluding tert-OH is 1. The molecule has 18 heavy (non-hydrogen) atoms. The van der Waals surface area contributed by atoms with Gasteiger partial charge in [-0.15, -0.1) is 0 Å². The van der Waals surface area contributed by atoms with Crippen molar-refractivity contribution in [1.29, 1.82) is 0 Å². The molecule has 2 unspecified atom stereocenters. The second kappa shape index (κ2) is 4.09. The molecule has 0 bridgehead atoms. The maximum atomic E-state index is 11.8. The number of aromatic amines is 1. The van der Waals surface area contributed by atoms with Crippen LogP contribution in [0.3, 0.4) is 0 Å². The lowest BCUT2D eigenvalue weighted by molar-refractivity contribution is -0.384. The lowest BCUT2D eigenvalue weighted by atomic mass is 9.64. The number of nitro groups is 1. The van der Waals surface area contributed by atoms with E-state index in [-0.39, 0.29) is 22.8 Å². The monoisotopic (exact) mass is 253 g/mol. The summed E-state index contributed by atoms with van der Waals surface area (Å²) in [7, 11) is 0. The number of rotatable bonds is 3. The van der Waals surface area contributed by atoms with Crippen LogP contribution in [0.2, 0.25) is 0 Å². The average molecular weight is 253 g/mol. The van der Waals surface area contributed by atoms with Crippen LogP contribution < -0.4 is 5.32 Å². The normalized spacial score (nSPS) is 25.3. The van der Waals surface area contributed by atoms with E-state index in [0.717, 1.165) is 0 Å². The number of carbonyl (C=O) groups is 1. The molecule has 1 amide bonds. The molecule has 7 nitrogen and oxygen atoms in total. The number of nitrogens with one attached hydrogen (secondary N) is 2. The number of carbonyl (C=O) groups excluding carboxylic acids is 1. The van der Waals surface area contributed by atoms with Crippen LogP contribution in [0.15, 0.2) is 12.3 Å². The smallest absolute Gasteiger partial charge is 0.287 e. The Kier molecular flexibility index (Phi) is 2.86. The fraction of sp³-hybridized carbons (Fsp3) is 0.545. The summed E-state index contributed by atoms with van der Waals surface area (Å²) in [6.07, 6.45) is 1.25. The standard InChI is InChI=1S/C11H15N3O4/c1-11(2)8(4-9(11)15)13-10(16)7-3-6(5-12-7)14(17)18/h3,5,8-9,12,15H,4H2,1-2H3,(H,13,16). The number of aliphatic hydroxyl groups is 1. The molecule has 7 heteroatoms. The van der Waals surface area contributed by atoms with Crippen molar-refractivity contribution in [3.8, 4) is 0 Å². The van der Waals surface area contributed by atoms with E-state index in [0.29, 0.717) is 6.42 Å². The predicted molar refractivity (Wildman–Crippen MR) is 63.1 cm³/mol.